The number of piperazine rings is 1. The molecule has 2 aliphatic rings. The lowest BCUT2D eigenvalue weighted by Gasteiger charge is -2.41. The van der Waals surface area contributed by atoms with Crippen LogP contribution in [0.2, 0.25) is 0 Å². The molecule has 8 heteroatoms. The van der Waals surface area contributed by atoms with Gasteiger partial charge in [0.05, 0.1) is 11.4 Å². The summed E-state index contributed by atoms with van der Waals surface area (Å²) in [5, 5.41) is 3.06. The maximum Gasteiger partial charge on any atom is 0.253 e. The summed E-state index contributed by atoms with van der Waals surface area (Å²) in [7, 11) is -3.27. The van der Waals surface area contributed by atoms with Gasteiger partial charge in [-0.2, -0.15) is 0 Å². The second-order valence-corrected chi connectivity index (χ2v) is 8.62. The molecule has 3 rings (SSSR count). The van der Waals surface area contributed by atoms with Crippen molar-refractivity contribution in [3.63, 3.8) is 0 Å². The first-order chi connectivity index (χ1) is 11.9. The molecule has 1 unspecified atom stereocenters. The molecule has 25 heavy (non-hydrogen) atoms. The van der Waals surface area contributed by atoms with Crippen LogP contribution >= 0.6 is 0 Å². The van der Waals surface area contributed by atoms with E-state index in [1.807, 2.05) is 4.90 Å². The fraction of sp³-hybridized carbons (Fsp3) is 0.529. The normalized spacial score (nSPS) is 22.1. The van der Waals surface area contributed by atoms with Gasteiger partial charge < -0.3 is 15.1 Å². The van der Waals surface area contributed by atoms with Crippen LogP contribution in [0.1, 0.15) is 23.2 Å². The van der Waals surface area contributed by atoms with Gasteiger partial charge in [0.25, 0.3) is 5.91 Å². The minimum atomic E-state index is -3.27. The lowest BCUT2D eigenvalue weighted by molar-refractivity contribution is -0.135. The highest BCUT2D eigenvalue weighted by molar-refractivity contribution is 7.90. The van der Waals surface area contributed by atoms with E-state index in [9.17, 15) is 18.0 Å². The molecule has 0 aliphatic carbocycles. The number of rotatable bonds is 3. The Balaban J connectivity index is 1.70. The van der Waals surface area contributed by atoms with E-state index in [2.05, 4.69) is 5.32 Å². The number of benzene rings is 1. The van der Waals surface area contributed by atoms with E-state index in [0.717, 1.165) is 25.6 Å². The van der Waals surface area contributed by atoms with Crippen molar-refractivity contribution in [3.05, 3.63) is 29.8 Å². The number of carbonyl (C=O) groups is 2. The van der Waals surface area contributed by atoms with Crippen molar-refractivity contribution >= 4 is 21.7 Å². The number of nitrogens with zero attached hydrogens (tertiary/aromatic N) is 2. The van der Waals surface area contributed by atoms with Gasteiger partial charge >= 0.3 is 0 Å². The summed E-state index contributed by atoms with van der Waals surface area (Å²) in [5.41, 5.74) is 0.472. The first kappa shape index (κ1) is 17.9. The molecule has 0 aromatic heterocycles. The van der Waals surface area contributed by atoms with Gasteiger partial charge in [-0.3, -0.25) is 9.59 Å². The molecule has 0 saturated carbocycles. The third-order valence-corrected chi connectivity index (χ3v) is 5.91. The van der Waals surface area contributed by atoms with E-state index in [-0.39, 0.29) is 22.8 Å². The standard InChI is InChI=1S/C17H23N3O4S/c1-25(23,24)15-6-4-13(5-7-15)17(22)19-9-2-3-14(12-19)20-10-8-18-11-16(20)21/h4-7,14,18H,2-3,8-12H2,1H3. The summed E-state index contributed by atoms with van der Waals surface area (Å²) < 4.78 is 23.1. The van der Waals surface area contributed by atoms with Gasteiger partial charge in [0.15, 0.2) is 9.84 Å². The fourth-order valence-electron chi connectivity index (χ4n) is 3.43. The molecule has 1 aromatic carbocycles. The molecule has 0 radical (unpaired) electrons. The summed E-state index contributed by atoms with van der Waals surface area (Å²) in [6.45, 7) is 3.00. The number of amides is 2. The molecule has 136 valence electrons. The zero-order valence-corrected chi connectivity index (χ0v) is 15.1. The van der Waals surface area contributed by atoms with Crippen LogP contribution in [0.5, 0.6) is 0 Å². The number of carbonyl (C=O) groups excluding carboxylic acids is 2. The third kappa shape index (κ3) is 4.01. The summed E-state index contributed by atoms with van der Waals surface area (Å²) >= 11 is 0. The summed E-state index contributed by atoms with van der Waals surface area (Å²) in [5.74, 6) is -0.0320. The third-order valence-electron chi connectivity index (χ3n) is 4.78. The molecule has 7 nitrogen and oxygen atoms in total. The highest BCUT2D eigenvalue weighted by Crippen LogP contribution is 2.20. The molecule has 2 fully saturated rings. The van der Waals surface area contributed by atoms with E-state index in [4.69, 9.17) is 0 Å². The smallest absolute Gasteiger partial charge is 0.253 e. The Hall–Kier alpha value is -1.93. The van der Waals surface area contributed by atoms with E-state index in [1.165, 1.54) is 12.1 Å². The molecule has 1 atom stereocenters. The van der Waals surface area contributed by atoms with Crippen LogP contribution in [-0.4, -0.2) is 75.1 Å². The molecule has 2 saturated heterocycles. The largest absolute Gasteiger partial charge is 0.337 e. The van der Waals surface area contributed by atoms with E-state index in [0.29, 0.717) is 31.7 Å². The Morgan fingerprint density at radius 2 is 1.92 bits per heavy atom. The van der Waals surface area contributed by atoms with Crippen molar-refractivity contribution in [2.75, 3.05) is 39.0 Å². The first-order valence-electron chi connectivity index (χ1n) is 8.46. The second kappa shape index (κ2) is 7.13. The van der Waals surface area contributed by atoms with Gasteiger partial charge in [-0.25, -0.2) is 8.42 Å². The van der Waals surface area contributed by atoms with Crippen molar-refractivity contribution in [1.29, 1.82) is 0 Å². The zero-order chi connectivity index (χ0) is 18.0. The summed E-state index contributed by atoms with van der Waals surface area (Å²) in [4.78, 5) is 28.6. The Morgan fingerprint density at radius 3 is 2.56 bits per heavy atom. The molecular formula is C17H23N3O4S. The Bertz CT molecular complexity index is 761. The van der Waals surface area contributed by atoms with Crippen molar-refractivity contribution in [1.82, 2.24) is 15.1 Å². The van der Waals surface area contributed by atoms with Crippen LogP contribution in [0, 0.1) is 0 Å². The average molecular weight is 365 g/mol. The number of nitrogens with one attached hydrogen (secondary N) is 1. The molecule has 1 N–H and O–H groups in total. The molecule has 0 spiro atoms. The molecule has 2 aliphatic heterocycles. The predicted molar refractivity (Wildman–Crippen MR) is 93.1 cm³/mol. The van der Waals surface area contributed by atoms with Crippen molar-refractivity contribution in [2.24, 2.45) is 0 Å². The van der Waals surface area contributed by atoms with Gasteiger partial charge in [-0.15, -0.1) is 0 Å². The van der Waals surface area contributed by atoms with Gasteiger partial charge in [0.1, 0.15) is 0 Å². The van der Waals surface area contributed by atoms with Crippen molar-refractivity contribution < 1.29 is 18.0 Å². The first-order valence-corrected chi connectivity index (χ1v) is 10.3. The van der Waals surface area contributed by atoms with Crippen LogP contribution in [0.15, 0.2) is 29.2 Å². The molecular weight excluding hydrogens is 342 g/mol. The van der Waals surface area contributed by atoms with Crippen molar-refractivity contribution in [3.8, 4) is 0 Å². The number of hydrogen-bond donors (Lipinski definition) is 1. The average Bonchev–Trinajstić information content (AvgIpc) is 2.61. The molecule has 1 aromatic rings. The van der Waals surface area contributed by atoms with Crippen LogP contribution in [0.4, 0.5) is 0 Å². The monoisotopic (exact) mass is 365 g/mol. The van der Waals surface area contributed by atoms with Gasteiger partial charge in [-0.1, -0.05) is 0 Å². The Morgan fingerprint density at radius 1 is 1.20 bits per heavy atom. The molecule has 2 heterocycles. The lowest BCUT2D eigenvalue weighted by atomic mass is 10.0. The topological polar surface area (TPSA) is 86.8 Å². The van der Waals surface area contributed by atoms with Crippen LogP contribution in [-0.2, 0) is 14.6 Å². The lowest BCUT2D eigenvalue weighted by Crippen LogP contribution is -2.57. The minimum Gasteiger partial charge on any atom is -0.337 e. The maximum absolute atomic E-state index is 12.7. The van der Waals surface area contributed by atoms with Crippen LogP contribution in [0.25, 0.3) is 0 Å². The molecule has 0 bridgehead atoms. The van der Waals surface area contributed by atoms with Crippen LogP contribution < -0.4 is 5.32 Å². The SMILES string of the molecule is CS(=O)(=O)c1ccc(C(=O)N2CCCC(N3CCNCC3=O)C2)cc1. The minimum absolute atomic E-state index is 0.0580. The van der Waals surface area contributed by atoms with E-state index in [1.54, 1.807) is 17.0 Å². The summed E-state index contributed by atoms with van der Waals surface area (Å²) in [6, 6.07) is 6.09. The van der Waals surface area contributed by atoms with Crippen molar-refractivity contribution in [2.45, 2.75) is 23.8 Å². The number of likely N-dealkylation sites (tertiary alicyclic amines) is 1. The highest BCUT2D eigenvalue weighted by Gasteiger charge is 2.31. The summed E-state index contributed by atoms with van der Waals surface area (Å²) in [6.07, 6.45) is 2.90. The molecule has 2 amide bonds. The van der Waals surface area contributed by atoms with Crippen LogP contribution in [0.3, 0.4) is 0 Å². The maximum atomic E-state index is 12.7. The van der Waals surface area contributed by atoms with Gasteiger partial charge in [-0.05, 0) is 37.1 Å². The fourth-order valence-corrected chi connectivity index (χ4v) is 4.06. The number of sulfone groups is 1. The quantitative estimate of drug-likeness (QED) is 0.823. The van der Waals surface area contributed by atoms with Gasteiger partial charge in [0.2, 0.25) is 5.91 Å². The number of piperidine rings is 1. The zero-order valence-electron chi connectivity index (χ0n) is 14.3. The van der Waals surface area contributed by atoms with E-state index < -0.39 is 9.84 Å². The van der Waals surface area contributed by atoms with E-state index >= 15 is 0 Å². The van der Waals surface area contributed by atoms with Gasteiger partial charge in [0, 0.05) is 44.0 Å². The predicted octanol–water partition coefficient (Wildman–Crippen LogP) is 0.127. The number of hydrogen-bond acceptors (Lipinski definition) is 5. The second-order valence-electron chi connectivity index (χ2n) is 6.61. The Labute approximate surface area is 147 Å². The highest BCUT2D eigenvalue weighted by atomic mass is 32.2. The Kier molecular flexibility index (Phi) is 5.10.